The molecule has 174 valence electrons. The van der Waals surface area contributed by atoms with Crippen LogP contribution in [-0.2, 0) is 4.79 Å². The maximum Gasteiger partial charge on any atom is 0.240 e. The van der Waals surface area contributed by atoms with Crippen LogP contribution in [0, 0.1) is 0 Å². The minimum atomic E-state index is -0.221. The number of hydrogen-bond acceptors (Lipinski definition) is 5. The number of halogens is 2. The van der Waals surface area contributed by atoms with Crippen molar-refractivity contribution in [2.45, 2.75) is 31.5 Å². The molecular weight excluding hydrogens is 461 g/mol. The SMILES string of the molecule is C[C@H](c1ccc(Cl)cc1Cl)n1ncc2ccc(N3CCN(C(=O)C4CCN4)C(CO)C3)cc21. The van der Waals surface area contributed by atoms with Gasteiger partial charge in [-0.1, -0.05) is 29.3 Å². The van der Waals surface area contributed by atoms with E-state index < -0.39 is 0 Å². The first-order valence-corrected chi connectivity index (χ1v) is 12.0. The molecule has 0 saturated carbocycles. The number of amides is 1. The highest BCUT2D eigenvalue weighted by Crippen LogP contribution is 2.32. The quantitative estimate of drug-likeness (QED) is 0.577. The van der Waals surface area contributed by atoms with E-state index in [-0.39, 0.29) is 30.6 Å². The van der Waals surface area contributed by atoms with Crippen molar-refractivity contribution in [2.24, 2.45) is 0 Å². The Balaban J connectivity index is 1.40. The van der Waals surface area contributed by atoms with E-state index >= 15 is 0 Å². The maximum atomic E-state index is 12.7. The number of carbonyl (C=O) groups excluding carboxylic acids is 1. The summed E-state index contributed by atoms with van der Waals surface area (Å²) in [5, 5.41) is 20.1. The summed E-state index contributed by atoms with van der Waals surface area (Å²) >= 11 is 12.5. The second-order valence-electron chi connectivity index (χ2n) is 8.78. The molecule has 3 heterocycles. The normalized spacial score (nSPS) is 21.8. The summed E-state index contributed by atoms with van der Waals surface area (Å²) in [5.74, 6) is 0.0992. The maximum absolute atomic E-state index is 12.7. The molecule has 2 unspecified atom stereocenters. The Bertz CT molecular complexity index is 1180. The molecule has 2 N–H and O–H groups in total. The predicted octanol–water partition coefficient (Wildman–Crippen LogP) is 3.32. The zero-order valence-electron chi connectivity index (χ0n) is 18.4. The number of rotatable bonds is 5. The molecule has 0 spiro atoms. The largest absolute Gasteiger partial charge is 0.394 e. The lowest BCUT2D eigenvalue weighted by Gasteiger charge is -2.44. The molecule has 2 aromatic carbocycles. The first-order chi connectivity index (χ1) is 16.0. The van der Waals surface area contributed by atoms with E-state index in [4.69, 9.17) is 23.2 Å². The van der Waals surface area contributed by atoms with E-state index in [1.807, 2.05) is 27.9 Å². The van der Waals surface area contributed by atoms with Crippen LogP contribution >= 0.6 is 23.2 Å². The van der Waals surface area contributed by atoms with Gasteiger partial charge in [0.05, 0.1) is 36.4 Å². The molecule has 0 radical (unpaired) electrons. The molecule has 2 aliphatic heterocycles. The second-order valence-corrected chi connectivity index (χ2v) is 9.63. The molecule has 1 aromatic heterocycles. The Hall–Kier alpha value is -2.32. The number of piperazine rings is 1. The number of fused-ring (bicyclic) bond motifs is 1. The average molecular weight is 488 g/mol. The van der Waals surface area contributed by atoms with Crippen LogP contribution in [0.3, 0.4) is 0 Å². The Morgan fingerprint density at radius 3 is 2.76 bits per heavy atom. The van der Waals surface area contributed by atoms with Crippen molar-refractivity contribution >= 4 is 45.7 Å². The fourth-order valence-electron chi connectivity index (χ4n) is 4.74. The van der Waals surface area contributed by atoms with Crippen molar-refractivity contribution in [3.8, 4) is 0 Å². The van der Waals surface area contributed by atoms with Crippen molar-refractivity contribution in [1.82, 2.24) is 20.0 Å². The van der Waals surface area contributed by atoms with Gasteiger partial charge in [-0.05, 0) is 55.8 Å². The minimum absolute atomic E-state index is 0.0543. The third-order valence-corrected chi connectivity index (χ3v) is 7.39. The summed E-state index contributed by atoms with van der Waals surface area (Å²) in [6, 6.07) is 11.4. The molecule has 3 atom stereocenters. The average Bonchev–Trinajstić information content (AvgIpc) is 3.20. The second kappa shape index (κ2) is 9.14. The highest BCUT2D eigenvalue weighted by Gasteiger charge is 2.36. The standard InChI is InChI=1S/C24H27Cl2N5O2/c1-15(20-5-3-17(25)10-21(20)26)31-23-11-18(4-2-16(23)12-28-31)29-8-9-30(19(13-29)14-32)24(33)22-6-7-27-22/h2-5,10-12,15,19,22,27,32H,6-9,13-14H2,1H3/t15-,19?,22?/m1/s1. The van der Waals surface area contributed by atoms with E-state index in [2.05, 4.69) is 40.4 Å². The third-order valence-electron chi connectivity index (χ3n) is 6.83. The Kier molecular flexibility index (Phi) is 6.22. The summed E-state index contributed by atoms with van der Waals surface area (Å²) in [7, 11) is 0. The molecule has 33 heavy (non-hydrogen) atoms. The number of carbonyl (C=O) groups is 1. The molecule has 2 saturated heterocycles. The molecular formula is C24H27Cl2N5O2. The van der Waals surface area contributed by atoms with Gasteiger partial charge in [-0.15, -0.1) is 0 Å². The fraction of sp³-hybridized carbons (Fsp3) is 0.417. The molecule has 0 bridgehead atoms. The van der Waals surface area contributed by atoms with Crippen LogP contribution in [0.15, 0.2) is 42.6 Å². The highest BCUT2D eigenvalue weighted by atomic mass is 35.5. The van der Waals surface area contributed by atoms with Gasteiger partial charge in [0.1, 0.15) is 0 Å². The predicted molar refractivity (Wildman–Crippen MR) is 131 cm³/mol. The van der Waals surface area contributed by atoms with Crippen LogP contribution in [0.25, 0.3) is 10.9 Å². The lowest BCUT2D eigenvalue weighted by atomic mass is 10.0. The number of aliphatic hydroxyl groups is 1. The number of nitrogens with zero attached hydrogens (tertiary/aromatic N) is 4. The zero-order chi connectivity index (χ0) is 23.1. The van der Waals surface area contributed by atoms with Crippen molar-refractivity contribution in [1.29, 1.82) is 0 Å². The number of aliphatic hydroxyl groups excluding tert-OH is 1. The van der Waals surface area contributed by atoms with Crippen LogP contribution in [0.1, 0.15) is 24.9 Å². The summed E-state index contributed by atoms with van der Waals surface area (Å²) in [4.78, 5) is 16.8. The van der Waals surface area contributed by atoms with E-state index in [0.29, 0.717) is 29.7 Å². The number of hydrogen-bond donors (Lipinski definition) is 2. The molecule has 7 nitrogen and oxygen atoms in total. The van der Waals surface area contributed by atoms with Crippen molar-refractivity contribution in [3.05, 3.63) is 58.2 Å². The monoisotopic (exact) mass is 487 g/mol. The lowest BCUT2D eigenvalue weighted by molar-refractivity contribution is -0.139. The van der Waals surface area contributed by atoms with E-state index in [1.54, 1.807) is 6.07 Å². The van der Waals surface area contributed by atoms with Crippen molar-refractivity contribution in [2.75, 3.05) is 37.7 Å². The smallest absolute Gasteiger partial charge is 0.240 e. The number of benzene rings is 2. The Labute approximate surface area is 202 Å². The molecule has 2 fully saturated rings. The molecule has 5 rings (SSSR count). The summed E-state index contributed by atoms with van der Waals surface area (Å²) < 4.78 is 1.97. The van der Waals surface area contributed by atoms with Gasteiger partial charge in [0.25, 0.3) is 0 Å². The first kappa shape index (κ1) is 22.5. The number of aromatic nitrogens is 2. The van der Waals surface area contributed by atoms with Gasteiger partial charge in [-0.25, -0.2) is 0 Å². The van der Waals surface area contributed by atoms with Gasteiger partial charge in [-0.2, -0.15) is 5.10 Å². The van der Waals surface area contributed by atoms with Gasteiger partial charge in [0.2, 0.25) is 5.91 Å². The Morgan fingerprint density at radius 2 is 2.06 bits per heavy atom. The van der Waals surface area contributed by atoms with E-state index in [0.717, 1.165) is 35.1 Å². The van der Waals surface area contributed by atoms with Gasteiger partial charge in [0.15, 0.2) is 0 Å². The minimum Gasteiger partial charge on any atom is -0.394 e. The molecule has 9 heteroatoms. The summed E-state index contributed by atoms with van der Waals surface area (Å²) in [6.07, 6.45) is 2.73. The topological polar surface area (TPSA) is 73.6 Å². The van der Waals surface area contributed by atoms with E-state index in [1.165, 1.54) is 0 Å². The number of anilines is 1. The molecule has 0 aliphatic carbocycles. The first-order valence-electron chi connectivity index (χ1n) is 11.3. The van der Waals surface area contributed by atoms with Gasteiger partial charge >= 0.3 is 0 Å². The Morgan fingerprint density at radius 1 is 1.24 bits per heavy atom. The molecule has 1 amide bonds. The van der Waals surface area contributed by atoms with Crippen LogP contribution in [0.5, 0.6) is 0 Å². The van der Waals surface area contributed by atoms with Crippen LogP contribution in [0.4, 0.5) is 5.69 Å². The van der Waals surface area contributed by atoms with Gasteiger partial charge in [-0.3, -0.25) is 9.48 Å². The fourth-order valence-corrected chi connectivity index (χ4v) is 5.31. The van der Waals surface area contributed by atoms with Gasteiger partial charge in [0, 0.05) is 40.8 Å². The van der Waals surface area contributed by atoms with E-state index in [9.17, 15) is 9.90 Å². The lowest BCUT2D eigenvalue weighted by Crippen LogP contribution is -2.63. The number of nitrogens with one attached hydrogen (secondary N) is 1. The van der Waals surface area contributed by atoms with Gasteiger partial charge < -0.3 is 20.2 Å². The van der Waals surface area contributed by atoms with Crippen LogP contribution < -0.4 is 10.2 Å². The molecule has 2 aliphatic rings. The summed E-state index contributed by atoms with van der Waals surface area (Å²) in [5.41, 5.74) is 3.00. The van der Waals surface area contributed by atoms with Crippen LogP contribution in [0.2, 0.25) is 10.0 Å². The zero-order valence-corrected chi connectivity index (χ0v) is 19.9. The third kappa shape index (κ3) is 4.19. The highest BCUT2D eigenvalue weighted by molar-refractivity contribution is 6.35. The molecule has 3 aromatic rings. The summed E-state index contributed by atoms with van der Waals surface area (Å²) in [6.45, 7) is 4.79. The van der Waals surface area contributed by atoms with Crippen LogP contribution in [-0.4, -0.2) is 70.6 Å². The van der Waals surface area contributed by atoms with Crippen molar-refractivity contribution in [3.63, 3.8) is 0 Å². The van der Waals surface area contributed by atoms with Crippen molar-refractivity contribution < 1.29 is 9.90 Å².